The van der Waals surface area contributed by atoms with Crippen LogP contribution in [0.1, 0.15) is 16.3 Å². The van der Waals surface area contributed by atoms with E-state index in [1.54, 1.807) is 7.05 Å². The van der Waals surface area contributed by atoms with Gasteiger partial charge in [0.1, 0.15) is 12.2 Å². The molecule has 0 saturated heterocycles. The second-order valence-electron chi connectivity index (χ2n) is 2.65. The van der Waals surface area contributed by atoms with Crippen LogP contribution in [-0.2, 0) is 13.6 Å². The van der Waals surface area contributed by atoms with Gasteiger partial charge >= 0.3 is 0 Å². The number of tetrazole rings is 1. The second-order valence-corrected chi connectivity index (χ2v) is 2.65. The molecule has 0 aliphatic rings. The summed E-state index contributed by atoms with van der Waals surface area (Å²) in [6.45, 7) is 0.356. The summed E-state index contributed by atoms with van der Waals surface area (Å²) in [7, 11) is 1.68. The van der Waals surface area contributed by atoms with Gasteiger partial charge in [0.05, 0.1) is 13.2 Å². The standard InChI is InChI=1S/C6H7N7O/c1-12-9-6(8-10-12)3-13-2-5(4-14)7-11-13/h2,4H,3H2,1H3. The number of rotatable bonds is 3. The summed E-state index contributed by atoms with van der Waals surface area (Å²) in [5.41, 5.74) is 0.286. The van der Waals surface area contributed by atoms with Gasteiger partial charge in [-0.1, -0.05) is 5.21 Å². The lowest BCUT2D eigenvalue weighted by Gasteiger charge is -1.91. The van der Waals surface area contributed by atoms with Crippen LogP contribution in [0.4, 0.5) is 0 Å². The fourth-order valence-electron chi connectivity index (χ4n) is 0.976. The van der Waals surface area contributed by atoms with E-state index in [4.69, 9.17) is 0 Å². The molecule has 2 rings (SSSR count). The first kappa shape index (κ1) is 8.48. The molecule has 0 unspecified atom stereocenters. The highest BCUT2D eigenvalue weighted by Gasteiger charge is 2.03. The Morgan fingerprint density at radius 1 is 1.43 bits per heavy atom. The van der Waals surface area contributed by atoms with Gasteiger partial charge in [0.25, 0.3) is 0 Å². The second kappa shape index (κ2) is 3.32. The van der Waals surface area contributed by atoms with Crippen molar-refractivity contribution in [2.45, 2.75) is 6.54 Å². The van der Waals surface area contributed by atoms with Crippen molar-refractivity contribution in [2.75, 3.05) is 0 Å². The van der Waals surface area contributed by atoms with Gasteiger partial charge in [-0.15, -0.1) is 15.3 Å². The third kappa shape index (κ3) is 1.63. The lowest BCUT2D eigenvalue weighted by Crippen LogP contribution is -2.03. The molecule has 0 saturated carbocycles. The summed E-state index contributed by atoms with van der Waals surface area (Å²) in [5.74, 6) is 0.523. The maximum absolute atomic E-state index is 10.3. The number of aldehydes is 1. The molecule has 0 N–H and O–H groups in total. The van der Waals surface area contributed by atoms with E-state index >= 15 is 0 Å². The first-order chi connectivity index (χ1) is 6.78. The summed E-state index contributed by atoms with van der Waals surface area (Å²) in [6, 6.07) is 0. The monoisotopic (exact) mass is 193 g/mol. The summed E-state index contributed by atoms with van der Waals surface area (Å²) < 4.78 is 1.47. The van der Waals surface area contributed by atoms with E-state index in [2.05, 4.69) is 25.7 Å². The van der Waals surface area contributed by atoms with Crippen molar-refractivity contribution in [3.63, 3.8) is 0 Å². The predicted octanol–water partition coefficient (Wildman–Crippen LogP) is -1.34. The maximum atomic E-state index is 10.3. The molecule has 2 heterocycles. The molecule has 72 valence electrons. The molecule has 0 bridgehead atoms. The van der Waals surface area contributed by atoms with Gasteiger partial charge in [0, 0.05) is 0 Å². The Bertz CT molecular complexity index is 444. The predicted molar refractivity (Wildman–Crippen MR) is 43.3 cm³/mol. The van der Waals surface area contributed by atoms with E-state index in [1.807, 2.05) is 0 Å². The molecule has 8 nitrogen and oxygen atoms in total. The quantitative estimate of drug-likeness (QED) is 0.560. The van der Waals surface area contributed by atoms with E-state index in [-0.39, 0.29) is 5.69 Å². The van der Waals surface area contributed by atoms with Gasteiger partial charge in [0.15, 0.2) is 12.1 Å². The smallest absolute Gasteiger partial charge is 0.196 e. The molecule has 0 radical (unpaired) electrons. The van der Waals surface area contributed by atoms with Crippen molar-refractivity contribution in [3.05, 3.63) is 17.7 Å². The number of aryl methyl sites for hydroxylation is 1. The fraction of sp³-hybridized carbons (Fsp3) is 0.333. The van der Waals surface area contributed by atoms with E-state index in [9.17, 15) is 4.79 Å². The Morgan fingerprint density at radius 3 is 2.86 bits per heavy atom. The first-order valence-corrected chi connectivity index (χ1v) is 3.86. The van der Waals surface area contributed by atoms with Gasteiger partial charge in [0.2, 0.25) is 0 Å². The highest BCUT2D eigenvalue weighted by atomic mass is 16.1. The molecule has 0 fully saturated rings. The third-order valence-electron chi connectivity index (χ3n) is 1.53. The minimum atomic E-state index is 0.286. The fourth-order valence-corrected chi connectivity index (χ4v) is 0.976. The molecule has 0 spiro atoms. The molecule has 0 aliphatic carbocycles. The molecule has 2 aromatic heterocycles. The van der Waals surface area contributed by atoms with Crippen LogP contribution in [0.5, 0.6) is 0 Å². The summed E-state index contributed by atoms with van der Waals surface area (Å²) in [4.78, 5) is 11.7. The van der Waals surface area contributed by atoms with E-state index < -0.39 is 0 Å². The molecule has 2 aromatic rings. The Balaban J connectivity index is 2.14. The van der Waals surface area contributed by atoms with Crippen LogP contribution >= 0.6 is 0 Å². The Labute approximate surface area is 78.5 Å². The Morgan fingerprint density at radius 2 is 2.29 bits per heavy atom. The van der Waals surface area contributed by atoms with Gasteiger partial charge < -0.3 is 0 Å². The molecule has 14 heavy (non-hydrogen) atoms. The van der Waals surface area contributed by atoms with Crippen LogP contribution < -0.4 is 0 Å². The van der Waals surface area contributed by atoms with Crippen LogP contribution in [0.2, 0.25) is 0 Å². The Hall–Kier alpha value is -2.12. The normalized spacial score (nSPS) is 10.4. The van der Waals surface area contributed by atoms with Gasteiger partial charge in [-0.25, -0.2) is 4.68 Å². The number of hydrogen-bond acceptors (Lipinski definition) is 6. The SMILES string of the molecule is Cn1nnc(Cn2cc(C=O)nn2)n1. The zero-order valence-corrected chi connectivity index (χ0v) is 7.40. The number of carbonyl (C=O) groups excluding carboxylic acids is 1. The lowest BCUT2D eigenvalue weighted by atomic mass is 10.5. The third-order valence-corrected chi connectivity index (χ3v) is 1.53. The minimum absolute atomic E-state index is 0.286. The molecule has 8 heteroatoms. The molecular formula is C6H7N7O. The van der Waals surface area contributed by atoms with Gasteiger partial charge in [-0.3, -0.25) is 4.79 Å². The molecule has 0 atom stereocenters. The number of aromatic nitrogens is 7. The van der Waals surface area contributed by atoms with Crippen LogP contribution in [-0.4, -0.2) is 41.5 Å². The van der Waals surface area contributed by atoms with E-state index in [1.165, 1.54) is 15.7 Å². The Kier molecular flexibility index (Phi) is 2.01. The van der Waals surface area contributed by atoms with Crippen molar-refractivity contribution in [1.29, 1.82) is 0 Å². The van der Waals surface area contributed by atoms with Crippen LogP contribution in [0.3, 0.4) is 0 Å². The van der Waals surface area contributed by atoms with Crippen molar-refractivity contribution >= 4 is 6.29 Å². The number of nitrogens with zero attached hydrogens (tertiary/aromatic N) is 7. The largest absolute Gasteiger partial charge is 0.296 e. The van der Waals surface area contributed by atoms with Crippen molar-refractivity contribution in [1.82, 2.24) is 35.2 Å². The average molecular weight is 193 g/mol. The van der Waals surface area contributed by atoms with Crippen molar-refractivity contribution in [3.8, 4) is 0 Å². The topological polar surface area (TPSA) is 91.4 Å². The van der Waals surface area contributed by atoms with Crippen molar-refractivity contribution < 1.29 is 4.79 Å². The molecule has 0 aliphatic heterocycles. The maximum Gasteiger partial charge on any atom is 0.196 e. The van der Waals surface area contributed by atoms with E-state index in [0.717, 1.165) is 0 Å². The van der Waals surface area contributed by atoms with Crippen LogP contribution in [0, 0.1) is 0 Å². The van der Waals surface area contributed by atoms with Crippen molar-refractivity contribution in [2.24, 2.45) is 7.05 Å². The summed E-state index contributed by atoms with van der Waals surface area (Å²) >= 11 is 0. The zero-order valence-electron chi connectivity index (χ0n) is 7.40. The summed E-state index contributed by atoms with van der Waals surface area (Å²) in [5, 5.41) is 18.7. The number of hydrogen-bond donors (Lipinski definition) is 0. The van der Waals surface area contributed by atoms with Gasteiger partial charge in [-0.2, -0.15) is 4.80 Å². The van der Waals surface area contributed by atoms with Crippen LogP contribution in [0.25, 0.3) is 0 Å². The van der Waals surface area contributed by atoms with E-state index in [0.29, 0.717) is 18.7 Å². The summed E-state index contributed by atoms with van der Waals surface area (Å²) in [6.07, 6.45) is 2.15. The highest BCUT2D eigenvalue weighted by Crippen LogP contribution is 1.93. The zero-order chi connectivity index (χ0) is 9.97. The highest BCUT2D eigenvalue weighted by molar-refractivity contribution is 5.70. The lowest BCUT2D eigenvalue weighted by molar-refractivity contribution is 0.111. The number of carbonyl (C=O) groups is 1. The molecule has 0 amide bonds. The average Bonchev–Trinajstić information content (AvgIpc) is 2.76. The molecular weight excluding hydrogens is 186 g/mol. The van der Waals surface area contributed by atoms with Crippen LogP contribution in [0.15, 0.2) is 6.20 Å². The molecule has 0 aromatic carbocycles. The minimum Gasteiger partial charge on any atom is -0.296 e. The first-order valence-electron chi connectivity index (χ1n) is 3.86. The van der Waals surface area contributed by atoms with Gasteiger partial charge in [-0.05, 0) is 5.21 Å².